The molecule has 2 aromatic carbocycles. The van der Waals surface area contributed by atoms with Crippen LogP contribution in [0.5, 0.6) is 5.75 Å². The van der Waals surface area contributed by atoms with Crippen molar-refractivity contribution in [3.8, 4) is 5.75 Å². The average molecular weight is 708 g/mol. The second kappa shape index (κ2) is 10.3. The number of anilines is 1. The Hall–Kier alpha value is -3.87. The van der Waals surface area contributed by atoms with Crippen molar-refractivity contribution in [1.82, 2.24) is 14.9 Å². The molecular weight excluding hydrogens is 684 g/mol. The summed E-state index contributed by atoms with van der Waals surface area (Å²) in [6, 6.07) is 11.6. The van der Waals surface area contributed by atoms with Gasteiger partial charge in [-0.25, -0.2) is 4.98 Å². The lowest BCUT2D eigenvalue weighted by Gasteiger charge is -2.51. The number of hydrazine groups is 1. The lowest BCUT2D eigenvalue weighted by molar-refractivity contribution is -0.141. The summed E-state index contributed by atoms with van der Waals surface area (Å²) < 4.78 is 40.5. The number of pyridine rings is 1. The van der Waals surface area contributed by atoms with Crippen LogP contribution in [0.4, 0.5) is 19.0 Å². The summed E-state index contributed by atoms with van der Waals surface area (Å²) >= 11 is 20.7. The third-order valence-electron chi connectivity index (χ3n) is 9.96. The predicted octanol–water partition coefficient (Wildman–Crippen LogP) is 5.65. The lowest BCUT2D eigenvalue weighted by atomic mass is 9.56. The highest BCUT2D eigenvalue weighted by Crippen LogP contribution is 2.66. The van der Waals surface area contributed by atoms with Gasteiger partial charge in [0.25, 0.3) is 23.6 Å². The van der Waals surface area contributed by atoms with Gasteiger partial charge in [-0.1, -0.05) is 53.6 Å². The van der Waals surface area contributed by atoms with Crippen molar-refractivity contribution in [3.63, 3.8) is 0 Å². The molecule has 15 heteroatoms. The number of hydrogen-bond donors (Lipinski definition) is 1. The number of carbonyl (C=O) groups excluding carboxylic acids is 4. The minimum absolute atomic E-state index is 0.0294. The third kappa shape index (κ3) is 4.13. The van der Waals surface area contributed by atoms with Crippen LogP contribution in [0.3, 0.4) is 0 Å². The van der Waals surface area contributed by atoms with E-state index in [0.29, 0.717) is 28.0 Å². The first kappa shape index (κ1) is 31.7. The number of carbonyl (C=O) groups is 4. The molecule has 0 spiro atoms. The molecule has 1 aromatic heterocycles. The minimum atomic E-state index is -4.82. The molecule has 0 radical (unpaired) electrons. The van der Waals surface area contributed by atoms with Crippen LogP contribution in [0.25, 0.3) is 10.8 Å². The molecule has 6 atom stereocenters. The van der Waals surface area contributed by atoms with Gasteiger partial charge >= 0.3 is 6.18 Å². The number of alkyl halides is 5. The fourth-order valence-electron chi connectivity index (χ4n) is 7.84. The smallest absolute Gasteiger partial charge is 0.433 e. The van der Waals surface area contributed by atoms with Crippen LogP contribution in [0.2, 0.25) is 5.02 Å². The molecule has 1 N–H and O–H groups in total. The van der Waals surface area contributed by atoms with Gasteiger partial charge in [-0.2, -0.15) is 18.2 Å². The Bertz CT molecular complexity index is 1970. The number of benzene rings is 2. The third-order valence-corrected chi connectivity index (χ3v) is 11.7. The molecule has 2 aliphatic carbocycles. The van der Waals surface area contributed by atoms with Crippen molar-refractivity contribution in [3.05, 3.63) is 76.5 Å². The number of amides is 4. The quantitative estimate of drug-likeness (QED) is 0.213. The Kier molecular flexibility index (Phi) is 6.96. The van der Waals surface area contributed by atoms with Crippen molar-refractivity contribution in [2.45, 2.75) is 34.7 Å². The molecule has 3 fully saturated rings. The number of fused-ring (bicyclic) bond motifs is 5. The van der Waals surface area contributed by atoms with Gasteiger partial charge < -0.3 is 5.11 Å². The van der Waals surface area contributed by atoms with Crippen molar-refractivity contribution >= 4 is 75.0 Å². The maximum absolute atomic E-state index is 14.3. The number of rotatable bonds is 3. The normalized spacial score (nSPS) is 30.4. The molecule has 2 saturated heterocycles. The number of allylic oxidation sites excluding steroid dienone is 2. The van der Waals surface area contributed by atoms with E-state index in [-0.39, 0.29) is 23.6 Å². The molecule has 0 bridgehead atoms. The summed E-state index contributed by atoms with van der Waals surface area (Å²) in [4.78, 5) is 56.1. The van der Waals surface area contributed by atoms with Gasteiger partial charge in [0.05, 0.1) is 16.9 Å². The first-order valence-electron chi connectivity index (χ1n) is 14.5. The molecule has 3 heterocycles. The average Bonchev–Trinajstić information content (AvgIpc) is 3.36. The second-order valence-corrected chi connectivity index (χ2v) is 13.9. The maximum atomic E-state index is 14.3. The van der Waals surface area contributed by atoms with E-state index in [9.17, 15) is 37.5 Å². The van der Waals surface area contributed by atoms with E-state index in [1.165, 1.54) is 20.2 Å². The van der Waals surface area contributed by atoms with Crippen LogP contribution < -0.4 is 5.01 Å². The van der Waals surface area contributed by atoms with Crippen molar-refractivity contribution in [2.24, 2.45) is 17.8 Å². The van der Waals surface area contributed by atoms with Crippen LogP contribution in [0.1, 0.15) is 30.0 Å². The zero-order valence-corrected chi connectivity index (χ0v) is 26.8. The Balaban J connectivity index is 1.37. The summed E-state index contributed by atoms with van der Waals surface area (Å²) in [7, 11) is 2.49. The van der Waals surface area contributed by atoms with E-state index in [0.717, 1.165) is 21.0 Å². The van der Waals surface area contributed by atoms with E-state index in [4.69, 9.17) is 34.8 Å². The highest BCUT2D eigenvalue weighted by atomic mass is 35.5. The lowest BCUT2D eigenvalue weighted by Crippen LogP contribution is -2.60. The summed E-state index contributed by atoms with van der Waals surface area (Å²) in [6.07, 6.45) is -3.32. The zero-order valence-electron chi connectivity index (χ0n) is 24.6. The number of phenols is 1. The molecule has 4 aliphatic rings. The van der Waals surface area contributed by atoms with Crippen LogP contribution in [0.15, 0.2) is 60.2 Å². The topological polar surface area (TPSA) is 111 Å². The van der Waals surface area contributed by atoms with Gasteiger partial charge in [-0.15, -0.1) is 23.2 Å². The van der Waals surface area contributed by atoms with E-state index in [1.54, 1.807) is 36.4 Å². The van der Waals surface area contributed by atoms with E-state index in [2.05, 4.69) is 4.98 Å². The van der Waals surface area contributed by atoms with Crippen LogP contribution in [0, 0.1) is 17.8 Å². The minimum Gasteiger partial charge on any atom is -0.507 e. The monoisotopic (exact) mass is 706 g/mol. The second-order valence-electron chi connectivity index (χ2n) is 12.2. The van der Waals surface area contributed by atoms with Crippen LogP contribution in [-0.2, 0) is 25.4 Å². The largest absolute Gasteiger partial charge is 0.507 e. The number of imide groups is 2. The standard InChI is InChI=1S/C32H24Cl3F3N4O5/c1-40-28(46)30(34)13-19-17(24(31(30,35)29(40)47)16-9-11-21(43)15-6-4-3-5-14(15)16)7-8-18-23(19)27(45)42(26(18)44)41(2)25-20(33)10-12-22(39-25)32(36,37)38/h3-7,9-12,18-19,23-24,43H,8,13H2,1-2H3. The zero-order chi connectivity index (χ0) is 34.0. The number of hydrogen-bond acceptors (Lipinski definition) is 7. The number of likely N-dealkylation sites (tertiary alicyclic amines) is 1. The fourth-order valence-corrected chi connectivity index (χ4v) is 9.08. The number of halogens is 6. The molecule has 47 heavy (non-hydrogen) atoms. The van der Waals surface area contributed by atoms with Gasteiger partial charge in [0.2, 0.25) is 0 Å². The first-order valence-corrected chi connectivity index (χ1v) is 15.6. The predicted molar refractivity (Wildman–Crippen MR) is 166 cm³/mol. The molecule has 3 aromatic rings. The van der Waals surface area contributed by atoms with E-state index in [1.807, 2.05) is 0 Å². The Labute approximate surface area is 280 Å². The number of aromatic hydroxyl groups is 1. The summed E-state index contributed by atoms with van der Waals surface area (Å²) in [5, 5.41) is 13.0. The molecular formula is C32H24Cl3F3N4O5. The van der Waals surface area contributed by atoms with Gasteiger partial charge in [-0.05, 0) is 47.9 Å². The van der Waals surface area contributed by atoms with Gasteiger partial charge in [-0.3, -0.25) is 29.1 Å². The van der Waals surface area contributed by atoms with Crippen molar-refractivity contribution in [1.29, 1.82) is 0 Å². The van der Waals surface area contributed by atoms with Gasteiger partial charge in [0, 0.05) is 25.4 Å². The van der Waals surface area contributed by atoms with E-state index >= 15 is 0 Å². The van der Waals surface area contributed by atoms with Crippen molar-refractivity contribution < 1.29 is 37.5 Å². The Morgan fingerprint density at radius 3 is 2.32 bits per heavy atom. The fraction of sp³-hybridized carbons (Fsp3) is 0.344. The van der Waals surface area contributed by atoms with Crippen molar-refractivity contribution in [2.75, 3.05) is 19.1 Å². The molecule has 4 amide bonds. The molecule has 2 aliphatic heterocycles. The summed E-state index contributed by atoms with van der Waals surface area (Å²) in [5.41, 5.74) is -0.266. The Morgan fingerprint density at radius 1 is 0.957 bits per heavy atom. The molecule has 9 nitrogen and oxygen atoms in total. The Morgan fingerprint density at radius 2 is 1.64 bits per heavy atom. The highest BCUT2D eigenvalue weighted by molar-refractivity contribution is 6.53. The number of phenolic OH excluding ortho intramolecular Hbond substituents is 1. The summed E-state index contributed by atoms with van der Waals surface area (Å²) in [6.45, 7) is 0. The van der Waals surface area contributed by atoms with Gasteiger partial charge in [0.1, 0.15) is 11.4 Å². The van der Waals surface area contributed by atoms with E-state index < -0.39 is 74.7 Å². The first-order chi connectivity index (χ1) is 22.0. The molecule has 244 valence electrons. The highest BCUT2D eigenvalue weighted by Gasteiger charge is 2.76. The number of aromatic nitrogens is 1. The summed E-state index contributed by atoms with van der Waals surface area (Å²) in [5.74, 6) is -7.45. The molecule has 7 rings (SSSR count). The molecule has 6 unspecified atom stereocenters. The molecule has 1 saturated carbocycles. The SMILES string of the molecule is CN1C(=O)C2(Cl)CC3C(=CCC4C(=O)N(N(C)c5nc(C(F)(F)F)ccc5Cl)C(=O)C43)C(c3ccc(O)c4ccccc34)C2(Cl)C1=O. The maximum Gasteiger partial charge on any atom is 0.433 e. The van der Waals surface area contributed by atoms with Gasteiger partial charge in [0.15, 0.2) is 15.6 Å². The van der Waals surface area contributed by atoms with Crippen LogP contribution >= 0.6 is 34.8 Å². The number of nitrogens with zero attached hydrogens (tertiary/aromatic N) is 4. The van der Waals surface area contributed by atoms with Crippen LogP contribution in [-0.4, -0.2) is 67.5 Å².